The van der Waals surface area contributed by atoms with Crippen molar-refractivity contribution in [2.75, 3.05) is 38.2 Å². The number of piperidine rings is 1. The van der Waals surface area contributed by atoms with Crippen LogP contribution in [0, 0.1) is 6.92 Å². The number of methoxy groups -OCH3 is 1. The topological polar surface area (TPSA) is 15.7 Å². The van der Waals surface area contributed by atoms with Gasteiger partial charge >= 0.3 is 0 Å². The Kier molecular flexibility index (Phi) is 4.16. The summed E-state index contributed by atoms with van der Waals surface area (Å²) in [5, 5.41) is 0. The Hall–Kier alpha value is -1.22. The zero-order valence-corrected chi connectivity index (χ0v) is 12.8. The van der Waals surface area contributed by atoms with Crippen molar-refractivity contribution in [3.05, 3.63) is 23.8 Å². The number of aryl methyl sites for hydroxylation is 1. The lowest BCUT2D eigenvalue weighted by Crippen LogP contribution is -2.44. The van der Waals surface area contributed by atoms with E-state index in [2.05, 4.69) is 34.9 Å². The smallest absolute Gasteiger partial charge is 0.142 e. The van der Waals surface area contributed by atoms with Gasteiger partial charge in [-0.15, -0.1) is 0 Å². The molecule has 0 spiro atoms. The Morgan fingerprint density at radius 1 is 1.10 bits per heavy atom. The maximum atomic E-state index is 5.58. The molecule has 0 N–H and O–H groups in total. The highest BCUT2D eigenvalue weighted by atomic mass is 16.5. The average Bonchev–Trinajstić information content (AvgIpc) is 2.69. The lowest BCUT2D eigenvalue weighted by molar-refractivity contribution is 0.162. The molecule has 1 atom stereocenters. The summed E-state index contributed by atoms with van der Waals surface area (Å²) in [6.07, 6.45) is 5.38. The molecule has 0 saturated carbocycles. The molecule has 2 aliphatic heterocycles. The largest absolute Gasteiger partial charge is 0.495 e. The van der Waals surface area contributed by atoms with Crippen molar-refractivity contribution in [3.63, 3.8) is 0 Å². The first kappa shape index (κ1) is 13.7. The van der Waals surface area contributed by atoms with Gasteiger partial charge in [0.1, 0.15) is 5.75 Å². The van der Waals surface area contributed by atoms with Gasteiger partial charge < -0.3 is 9.64 Å². The zero-order valence-electron chi connectivity index (χ0n) is 12.8. The van der Waals surface area contributed by atoms with Crippen LogP contribution in [0.4, 0.5) is 5.69 Å². The lowest BCUT2D eigenvalue weighted by atomic mass is 10.0. The highest BCUT2D eigenvalue weighted by Gasteiger charge is 2.28. The van der Waals surface area contributed by atoms with Gasteiger partial charge in [-0.25, -0.2) is 0 Å². The molecule has 1 unspecified atom stereocenters. The molecule has 0 radical (unpaired) electrons. The van der Waals surface area contributed by atoms with Crippen LogP contribution >= 0.6 is 0 Å². The molecule has 0 amide bonds. The molecule has 3 rings (SSSR count). The fourth-order valence-corrected chi connectivity index (χ4v) is 3.64. The maximum Gasteiger partial charge on any atom is 0.142 e. The first-order chi connectivity index (χ1) is 9.78. The standard InChI is InChI=1S/C17H26N2O/c1-14-7-8-17(20-2)16(12-14)19-11-5-10-18-9-4-3-6-15(18)13-19/h7-8,12,15H,3-6,9-11,13H2,1-2H3. The number of hydrogen-bond acceptors (Lipinski definition) is 3. The number of ether oxygens (including phenoxy) is 1. The summed E-state index contributed by atoms with van der Waals surface area (Å²) in [6.45, 7) is 7.01. The van der Waals surface area contributed by atoms with Gasteiger partial charge in [-0.1, -0.05) is 12.5 Å². The van der Waals surface area contributed by atoms with E-state index in [1.54, 1.807) is 7.11 Å². The monoisotopic (exact) mass is 274 g/mol. The lowest BCUT2D eigenvalue weighted by Gasteiger charge is -2.36. The quantitative estimate of drug-likeness (QED) is 0.824. The Labute approximate surface area is 122 Å². The van der Waals surface area contributed by atoms with Crippen molar-refractivity contribution < 1.29 is 4.74 Å². The molecular formula is C17H26N2O. The molecule has 1 aromatic rings. The Balaban J connectivity index is 1.84. The molecule has 20 heavy (non-hydrogen) atoms. The van der Waals surface area contributed by atoms with Crippen molar-refractivity contribution in [1.29, 1.82) is 0 Å². The Morgan fingerprint density at radius 2 is 1.95 bits per heavy atom. The Bertz CT molecular complexity index is 460. The summed E-state index contributed by atoms with van der Waals surface area (Å²) < 4.78 is 5.58. The summed E-state index contributed by atoms with van der Waals surface area (Å²) in [7, 11) is 1.78. The number of benzene rings is 1. The van der Waals surface area contributed by atoms with Gasteiger partial charge in [0.2, 0.25) is 0 Å². The minimum absolute atomic E-state index is 0.733. The van der Waals surface area contributed by atoms with Crippen LogP contribution in [-0.4, -0.2) is 44.2 Å². The summed E-state index contributed by atoms with van der Waals surface area (Å²) in [4.78, 5) is 5.24. The van der Waals surface area contributed by atoms with Gasteiger partial charge in [-0.3, -0.25) is 4.90 Å². The predicted octanol–water partition coefficient (Wildman–Crippen LogP) is 3.07. The van der Waals surface area contributed by atoms with E-state index in [1.807, 2.05) is 0 Å². The summed E-state index contributed by atoms with van der Waals surface area (Å²) in [5.41, 5.74) is 2.59. The molecule has 2 aliphatic rings. The summed E-state index contributed by atoms with van der Waals surface area (Å²) in [5.74, 6) is 1.01. The van der Waals surface area contributed by atoms with E-state index in [4.69, 9.17) is 4.74 Å². The minimum atomic E-state index is 0.733. The van der Waals surface area contributed by atoms with E-state index in [-0.39, 0.29) is 0 Å². The van der Waals surface area contributed by atoms with Crippen molar-refractivity contribution in [1.82, 2.24) is 4.90 Å². The second-order valence-electron chi connectivity index (χ2n) is 6.16. The first-order valence-electron chi connectivity index (χ1n) is 7.91. The number of fused-ring (bicyclic) bond motifs is 1. The van der Waals surface area contributed by atoms with Crippen molar-refractivity contribution in [3.8, 4) is 5.75 Å². The van der Waals surface area contributed by atoms with Gasteiger partial charge in [0, 0.05) is 25.7 Å². The fraction of sp³-hybridized carbons (Fsp3) is 0.647. The molecule has 2 heterocycles. The molecule has 3 heteroatoms. The highest BCUT2D eigenvalue weighted by Crippen LogP contribution is 2.32. The Morgan fingerprint density at radius 3 is 2.80 bits per heavy atom. The van der Waals surface area contributed by atoms with Crippen LogP contribution in [-0.2, 0) is 0 Å². The molecular weight excluding hydrogens is 248 g/mol. The molecule has 110 valence electrons. The minimum Gasteiger partial charge on any atom is -0.495 e. The van der Waals surface area contributed by atoms with E-state index >= 15 is 0 Å². The second kappa shape index (κ2) is 6.04. The first-order valence-corrected chi connectivity index (χ1v) is 7.91. The predicted molar refractivity (Wildman–Crippen MR) is 83.8 cm³/mol. The van der Waals surface area contributed by atoms with Crippen LogP contribution in [0.15, 0.2) is 18.2 Å². The third-order valence-electron chi connectivity index (χ3n) is 4.73. The van der Waals surface area contributed by atoms with Crippen LogP contribution in [0.1, 0.15) is 31.2 Å². The van der Waals surface area contributed by atoms with E-state index in [1.165, 1.54) is 50.0 Å². The SMILES string of the molecule is COc1ccc(C)cc1N1CCCN2CCCCC2C1. The second-order valence-corrected chi connectivity index (χ2v) is 6.16. The van der Waals surface area contributed by atoms with Crippen LogP contribution < -0.4 is 9.64 Å². The van der Waals surface area contributed by atoms with Crippen molar-refractivity contribution >= 4 is 5.69 Å². The third kappa shape index (κ3) is 2.78. The third-order valence-corrected chi connectivity index (χ3v) is 4.73. The molecule has 0 aliphatic carbocycles. The van der Waals surface area contributed by atoms with Gasteiger partial charge in [0.15, 0.2) is 0 Å². The summed E-state index contributed by atoms with van der Waals surface area (Å²) in [6, 6.07) is 7.25. The zero-order chi connectivity index (χ0) is 13.9. The van der Waals surface area contributed by atoms with E-state index in [0.29, 0.717) is 0 Å². The normalized spacial score (nSPS) is 24.1. The molecule has 1 aromatic carbocycles. The molecule has 0 aromatic heterocycles. The van der Waals surface area contributed by atoms with Gasteiger partial charge in [-0.05, 0) is 50.4 Å². The number of nitrogens with zero attached hydrogens (tertiary/aromatic N) is 2. The molecule has 0 bridgehead atoms. The molecule has 2 fully saturated rings. The van der Waals surface area contributed by atoms with Crippen molar-refractivity contribution in [2.45, 2.75) is 38.6 Å². The summed E-state index contributed by atoms with van der Waals surface area (Å²) >= 11 is 0. The van der Waals surface area contributed by atoms with Crippen LogP contribution in [0.5, 0.6) is 5.75 Å². The van der Waals surface area contributed by atoms with Gasteiger partial charge in [0.25, 0.3) is 0 Å². The van der Waals surface area contributed by atoms with E-state index < -0.39 is 0 Å². The van der Waals surface area contributed by atoms with Crippen LogP contribution in [0.25, 0.3) is 0 Å². The van der Waals surface area contributed by atoms with Crippen molar-refractivity contribution in [2.24, 2.45) is 0 Å². The van der Waals surface area contributed by atoms with Crippen LogP contribution in [0.2, 0.25) is 0 Å². The maximum absolute atomic E-state index is 5.58. The number of hydrogen-bond donors (Lipinski definition) is 0. The van der Waals surface area contributed by atoms with Crippen LogP contribution in [0.3, 0.4) is 0 Å². The number of anilines is 1. The van der Waals surface area contributed by atoms with Gasteiger partial charge in [0.05, 0.1) is 12.8 Å². The highest BCUT2D eigenvalue weighted by molar-refractivity contribution is 5.60. The average molecular weight is 274 g/mol. The fourth-order valence-electron chi connectivity index (χ4n) is 3.64. The van der Waals surface area contributed by atoms with Gasteiger partial charge in [-0.2, -0.15) is 0 Å². The molecule has 2 saturated heterocycles. The van der Waals surface area contributed by atoms with E-state index in [0.717, 1.165) is 24.9 Å². The van der Waals surface area contributed by atoms with E-state index in [9.17, 15) is 0 Å². The molecule has 3 nitrogen and oxygen atoms in total. The number of rotatable bonds is 2.